The second-order valence-corrected chi connectivity index (χ2v) is 2.33. The van der Waals surface area contributed by atoms with Crippen LogP contribution in [0.3, 0.4) is 0 Å². The first kappa shape index (κ1) is 5.85. The summed E-state index contributed by atoms with van der Waals surface area (Å²) in [5, 5.41) is 0. The summed E-state index contributed by atoms with van der Waals surface area (Å²) in [6, 6.07) is 0. The van der Waals surface area contributed by atoms with Gasteiger partial charge < -0.3 is 9.16 Å². The maximum Gasteiger partial charge on any atom is 0.203 e. The molecule has 1 fully saturated rings. The van der Waals surface area contributed by atoms with Crippen LogP contribution in [0, 0.1) is 5.92 Å². The fraction of sp³-hybridized carbons (Fsp3) is 0.600. The van der Waals surface area contributed by atoms with E-state index in [1.54, 1.807) is 6.26 Å². The molecule has 0 spiro atoms. The van der Waals surface area contributed by atoms with Crippen molar-refractivity contribution in [1.82, 2.24) is 0 Å². The minimum atomic E-state index is 0.629. The van der Waals surface area contributed by atoms with Crippen LogP contribution >= 0.6 is 0 Å². The van der Waals surface area contributed by atoms with Gasteiger partial charge >= 0.3 is 0 Å². The molecule has 0 aromatic carbocycles. The maximum absolute atomic E-state index is 4.94. The highest BCUT2D eigenvalue weighted by Gasteiger charge is 2.13. The summed E-state index contributed by atoms with van der Waals surface area (Å²) in [5.74, 6) is 0.629. The van der Waals surface area contributed by atoms with Crippen LogP contribution in [0.15, 0.2) is 12.3 Å². The van der Waals surface area contributed by atoms with Crippen molar-refractivity contribution < 1.29 is 9.16 Å². The highest BCUT2D eigenvalue weighted by atomic mass is 28.2. The molecule has 1 rings (SSSR count). The second kappa shape index (κ2) is 2.89. The molecule has 0 bridgehead atoms. The van der Waals surface area contributed by atoms with Gasteiger partial charge in [0.15, 0.2) is 0 Å². The minimum absolute atomic E-state index is 0.629. The lowest BCUT2D eigenvalue weighted by Gasteiger charge is -2.21. The summed E-state index contributed by atoms with van der Waals surface area (Å²) < 4.78 is 9.79. The fourth-order valence-corrected chi connectivity index (χ4v) is 0.712. The van der Waals surface area contributed by atoms with Gasteiger partial charge in [-0.1, -0.05) is 0 Å². The molecular formula is C5H10O2Si. The van der Waals surface area contributed by atoms with Crippen LogP contribution in [-0.2, 0) is 9.16 Å². The molecule has 0 amide bonds. The molecule has 0 aromatic heterocycles. The number of ether oxygens (including phenoxy) is 1. The molecule has 0 atom stereocenters. The lowest BCUT2D eigenvalue weighted by atomic mass is 10.1. The molecule has 0 aliphatic carbocycles. The average molecular weight is 130 g/mol. The molecule has 0 unspecified atom stereocenters. The topological polar surface area (TPSA) is 18.5 Å². The van der Waals surface area contributed by atoms with E-state index < -0.39 is 0 Å². The molecule has 1 saturated heterocycles. The quantitative estimate of drug-likeness (QED) is 0.368. The van der Waals surface area contributed by atoms with Gasteiger partial charge in [-0.2, -0.15) is 0 Å². The van der Waals surface area contributed by atoms with Gasteiger partial charge in [-0.25, -0.2) is 0 Å². The summed E-state index contributed by atoms with van der Waals surface area (Å²) in [4.78, 5) is 0. The van der Waals surface area contributed by atoms with Crippen LogP contribution in [0.25, 0.3) is 0 Å². The van der Waals surface area contributed by atoms with Crippen LogP contribution in [-0.4, -0.2) is 23.7 Å². The largest absolute Gasteiger partial charge is 0.559 e. The third kappa shape index (κ3) is 1.35. The van der Waals surface area contributed by atoms with Gasteiger partial charge in [-0.05, 0) is 6.08 Å². The van der Waals surface area contributed by atoms with E-state index in [0.29, 0.717) is 5.92 Å². The van der Waals surface area contributed by atoms with E-state index in [0.717, 1.165) is 23.7 Å². The number of rotatable bonds is 2. The van der Waals surface area contributed by atoms with E-state index in [1.807, 2.05) is 0 Å². The lowest BCUT2D eigenvalue weighted by molar-refractivity contribution is -0.00828. The van der Waals surface area contributed by atoms with Gasteiger partial charge in [0.2, 0.25) is 10.5 Å². The minimum Gasteiger partial charge on any atom is -0.559 e. The van der Waals surface area contributed by atoms with Crippen molar-refractivity contribution >= 4 is 10.5 Å². The highest BCUT2D eigenvalue weighted by Crippen LogP contribution is 2.10. The zero-order chi connectivity index (χ0) is 5.82. The van der Waals surface area contributed by atoms with E-state index in [1.165, 1.54) is 0 Å². The van der Waals surface area contributed by atoms with E-state index in [4.69, 9.17) is 9.16 Å². The van der Waals surface area contributed by atoms with Crippen LogP contribution in [0.1, 0.15) is 0 Å². The monoisotopic (exact) mass is 130 g/mol. The Bertz CT molecular complexity index is 88.4. The number of hydrogen-bond acceptors (Lipinski definition) is 2. The predicted octanol–water partition coefficient (Wildman–Crippen LogP) is -0.557. The van der Waals surface area contributed by atoms with Crippen molar-refractivity contribution in [2.24, 2.45) is 5.92 Å². The van der Waals surface area contributed by atoms with Crippen molar-refractivity contribution in [2.75, 3.05) is 13.2 Å². The normalized spacial score (nSPS) is 21.5. The molecule has 0 N–H and O–H groups in total. The Morgan fingerprint density at radius 3 is 2.75 bits per heavy atom. The third-order valence-electron chi connectivity index (χ3n) is 1.15. The van der Waals surface area contributed by atoms with Crippen molar-refractivity contribution in [3.8, 4) is 0 Å². The molecule has 0 saturated carbocycles. The van der Waals surface area contributed by atoms with Crippen LogP contribution < -0.4 is 0 Å². The Balaban J connectivity index is 2.08. The summed E-state index contributed by atoms with van der Waals surface area (Å²) in [5.41, 5.74) is 0. The Morgan fingerprint density at radius 2 is 2.38 bits per heavy atom. The standard InChI is InChI=1S/C5H10O2Si/c8-7-2-1-5-3-6-4-5/h1-2,5H,3-4H2,8H3. The van der Waals surface area contributed by atoms with E-state index >= 15 is 0 Å². The molecule has 2 nitrogen and oxygen atoms in total. The molecule has 0 aromatic rings. The first-order chi connectivity index (χ1) is 3.93. The molecule has 1 aliphatic heterocycles. The van der Waals surface area contributed by atoms with Crippen molar-refractivity contribution in [3.63, 3.8) is 0 Å². The Hall–Kier alpha value is -0.283. The molecule has 1 aliphatic rings. The van der Waals surface area contributed by atoms with Crippen molar-refractivity contribution in [1.29, 1.82) is 0 Å². The molecular weight excluding hydrogens is 120 g/mol. The van der Waals surface area contributed by atoms with Gasteiger partial charge in [-0.3, -0.25) is 0 Å². The molecule has 1 heterocycles. The van der Waals surface area contributed by atoms with Gasteiger partial charge in [0, 0.05) is 5.92 Å². The van der Waals surface area contributed by atoms with E-state index in [9.17, 15) is 0 Å². The van der Waals surface area contributed by atoms with Crippen molar-refractivity contribution in [3.05, 3.63) is 12.3 Å². The van der Waals surface area contributed by atoms with Crippen LogP contribution in [0.5, 0.6) is 0 Å². The lowest BCUT2D eigenvalue weighted by Crippen LogP contribution is -2.25. The van der Waals surface area contributed by atoms with Gasteiger partial charge in [0.25, 0.3) is 0 Å². The third-order valence-corrected chi connectivity index (χ3v) is 1.42. The molecule has 46 valence electrons. The summed E-state index contributed by atoms with van der Waals surface area (Å²) in [7, 11) is 0.794. The Morgan fingerprint density at radius 1 is 1.62 bits per heavy atom. The van der Waals surface area contributed by atoms with Crippen LogP contribution in [0.4, 0.5) is 0 Å². The maximum atomic E-state index is 4.94. The Kier molecular flexibility index (Phi) is 2.11. The van der Waals surface area contributed by atoms with Gasteiger partial charge in [0.1, 0.15) is 0 Å². The summed E-state index contributed by atoms with van der Waals surface area (Å²) in [6.07, 6.45) is 3.82. The zero-order valence-corrected chi connectivity index (χ0v) is 6.96. The SMILES string of the molecule is [SiH3]OC=CC1COC1. The number of hydrogen-bond donors (Lipinski definition) is 0. The predicted molar refractivity (Wildman–Crippen MR) is 34.5 cm³/mol. The van der Waals surface area contributed by atoms with Crippen molar-refractivity contribution in [2.45, 2.75) is 0 Å². The fourth-order valence-electron chi connectivity index (χ4n) is 0.555. The van der Waals surface area contributed by atoms with Gasteiger partial charge in [-0.15, -0.1) is 0 Å². The van der Waals surface area contributed by atoms with Gasteiger partial charge in [0.05, 0.1) is 19.5 Å². The first-order valence-electron chi connectivity index (χ1n) is 2.70. The van der Waals surface area contributed by atoms with E-state index in [2.05, 4.69) is 6.08 Å². The second-order valence-electron chi connectivity index (χ2n) is 1.86. The molecule has 3 heteroatoms. The highest BCUT2D eigenvalue weighted by molar-refractivity contribution is 5.98. The average Bonchev–Trinajstić information content (AvgIpc) is 1.63. The smallest absolute Gasteiger partial charge is 0.203 e. The Labute approximate surface area is 52.0 Å². The summed E-state index contributed by atoms with van der Waals surface area (Å²) in [6.45, 7) is 1.75. The van der Waals surface area contributed by atoms with E-state index in [-0.39, 0.29) is 0 Å². The molecule has 0 radical (unpaired) electrons. The van der Waals surface area contributed by atoms with Crippen LogP contribution in [0.2, 0.25) is 0 Å². The summed E-state index contributed by atoms with van der Waals surface area (Å²) >= 11 is 0. The first-order valence-corrected chi connectivity index (χ1v) is 3.52. The molecule has 8 heavy (non-hydrogen) atoms. The zero-order valence-electron chi connectivity index (χ0n) is 4.96.